The Hall–Kier alpha value is -1.55. The molecule has 1 aliphatic carbocycles. The number of aliphatic hydroxyl groups is 1. The number of carbonyl (C=O) groups is 1. The van der Waals surface area contributed by atoms with Crippen LogP contribution >= 0.6 is 0 Å². The molecule has 1 amide bonds. The van der Waals surface area contributed by atoms with Crippen LogP contribution in [0.3, 0.4) is 0 Å². The van der Waals surface area contributed by atoms with Crippen LogP contribution in [0.25, 0.3) is 0 Å². The largest absolute Gasteiger partial charge is 0.490 e. The molecule has 1 aromatic carbocycles. The zero-order chi connectivity index (χ0) is 15.1. The third-order valence-electron chi connectivity index (χ3n) is 3.91. The summed E-state index contributed by atoms with van der Waals surface area (Å²) in [6.45, 7) is 1.96. The molecule has 1 fully saturated rings. The second-order valence-corrected chi connectivity index (χ2v) is 5.79. The van der Waals surface area contributed by atoms with Crippen molar-refractivity contribution in [3.05, 3.63) is 29.8 Å². The first-order chi connectivity index (χ1) is 10.2. The van der Waals surface area contributed by atoms with E-state index in [1.54, 1.807) is 12.1 Å². The van der Waals surface area contributed by atoms with Crippen molar-refractivity contribution in [1.82, 2.24) is 5.32 Å². The Morgan fingerprint density at radius 1 is 1.29 bits per heavy atom. The summed E-state index contributed by atoms with van der Waals surface area (Å²) in [7, 11) is 0. The number of ether oxygens (including phenoxy) is 1. The molecule has 0 saturated heterocycles. The predicted octanol–water partition coefficient (Wildman–Crippen LogP) is 2.90. The third-order valence-corrected chi connectivity index (χ3v) is 3.91. The van der Waals surface area contributed by atoms with E-state index in [-0.39, 0.29) is 18.6 Å². The lowest BCUT2D eigenvalue weighted by atomic mass is 9.98. The molecule has 2 rings (SSSR count). The molecule has 4 heteroatoms. The van der Waals surface area contributed by atoms with E-state index < -0.39 is 0 Å². The summed E-state index contributed by atoms with van der Waals surface area (Å²) < 4.78 is 5.94. The monoisotopic (exact) mass is 291 g/mol. The predicted molar refractivity (Wildman–Crippen MR) is 82.6 cm³/mol. The molecular weight excluding hydrogens is 266 g/mol. The van der Waals surface area contributed by atoms with Crippen LogP contribution in [0.5, 0.6) is 5.75 Å². The molecule has 4 nitrogen and oxygen atoms in total. The molecule has 1 atom stereocenters. The van der Waals surface area contributed by atoms with Crippen LogP contribution in [0, 0.1) is 0 Å². The summed E-state index contributed by atoms with van der Waals surface area (Å²) in [5.41, 5.74) is 0.621. The molecule has 0 heterocycles. The topological polar surface area (TPSA) is 58.6 Å². The first-order valence-corrected chi connectivity index (χ1v) is 7.87. The van der Waals surface area contributed by atoms with Crippen LogP contribution in [-0.4, -0.2) is 29.8 Å². The van der Waals surface area contributed by atoms with E-state index >= 15 is 0 Å². The van der Waals surface area contributed by atoms with Crippen LogP contribution in [0.15, 0.2) is 24.3 Å². The Morgan fingerprint density at radius 2 is 1.95 bits per heavy atom. The SMILES string of the molecule is CC(CCO)NC(=O)c1ccc(OC2CCCCC2)cc1. The van der Waals surface area contributed by atoms with Gasteiger partial charge >= 0.3 is 0 Å². The summed E-state index contributed by atoms with van der Waals surface area (Å²) >= 11 is 0. The molecule has 2 N–H and O–H groups in total. The van der Waals surface area contributed by atoms with Crippen molar-refractivity contribution >= 4 is 5.91 Å². The molecule has 0 radical (unpaired) electrons. The zero-order valence-electron chi connectivity index (χ0n) is 12.7. The quantitative estimate of drug-likeness (QED) is 0.847. The van der Waals surface area contributed by atoms with Gasteiger partial charge in [0.25, 0.3) is 5.91 Å². The number of aliphatic hydroxyl groups excluding tert-OH is 1. The Kier molecular flexibility index (Phi) is 6.05. The molecular formula is C17H25NO3. The van der Waals surface area contributed by atoms with Gasteiger partial charge in [-0.3, -0.25) is 4.79 Å². The number of amides is 1. The molecule has 1 unspecified atom stereocenters. The minimum atomic E-state index is -0.111. The van der Waals surface area contributed by atoms with E-state index in [9.17, 15) is 4.79 Å². The normalized spacial score (nSPS) is 17.2. The van der Waals surface area contributed by atoms with Gasteiger partial charge in [0.15, 0.2) is 0 Å². The highest BCUT2D eigenvalue weighted by Crippen LogP contribution is 2.23. The van der Waals surface area contributed by atoms with Gasteiger partial charge < -0.3 is 15.2 Å². The van der Waals surface area contributed by atoms with Crippen LogP contribution in [0.1, 0.15) is 55.8 Å². The molecule has 21 heavy (non-hydrogen) atoms. The average Bonchev–Trinajstić information content (AvgIpc) is 2.49. The molecule has 0 aliphatic heterocycles. The van der Waals surface area contributed by atoms with Crippen molar-refractivity contribution in [2.45, 2.75) is 57.6 Å². The summed E-state index contributed by atoms with van der Waals surface area (Å²) in [5, 5.41) is 11.7. The van der Waals surface area contributed by atoms with Crippen molar-refractivity contribution in [3.63, 3.8) is 0 Å². The highest BCUT2D eigenvalue weighted by molar-refractivity contribution is 5.94. The number of rotatable bonds is 6. The lowest BCUT2D eigenvalue weighted by Gasteiger charge is -2.23. The van der Waals surface area contributed by atoms with Crippen molar-refractivity contribution < 1.29 is 14.6 Å². The van der Waals surface area contributed by atoms with Crippen LogP contribution in [0.2, 0.25) is 0 Å². The van der Waals surface area contributed by atoms with Crippen LogP contribution in [-0.2, 0) is 0 Å². The van der Waals surface area contributed by atoms with Gasteiger partial charge in [0.05, 0.1) is 6.10 Å². The molecule has 0 aromatic heterocycles. The Balaban J connectivity index is 1.87. The fourth-order valence-corrected chi connectivity index (χ4v) is 2.63. The van der Waals surface area contributed by atoms with E-state index in [0.717, 1.165) is 18.6 Å². The first-order valence-electron chi connectivity index (χ1n) is 7.87. The second kappa shape index (κ2) is 8.03. The fourth-order valence-electron chi connectivity index (χ4n) is 2.63. The molecule has 1 aliphatic rings. The van der Waals surface area contributed by atoms with Crippen molar-refractivity contribution in [2.24, 2.45) is 0 Å². The van der Waals surface area contributed by atoms with Crippen molar-refractivity contribution in [1.29, 1.82) is 0 Å². The maximum atomic E-state index is 12.0. The summed E-state index contributed by atoms with van der Waals surface area (Å²) in [6.07, 6.45) is 6.94. The van der Waals surface area contributed by atoms with Gasteiger partial charge in [-0.05, 0) is 63.3 Å². The van der Waals surface area contributed by atoms with E-state index in [2.05, 4.69) is 5.32 Å². The zero-order valence-corrected chi connectivity index (χ0v) is 12.7. The third kappa shape index (κ3) is 5.05. The van der Waals surface area contributed by atoms with Gasteiger partial charge in [0, 0.05) is 18.2 Å². The lowest BCUT2D eigenvalue weighted by Crippen LogP contribution is -2.33. The van der Waals surface area contributed by atoms with Crippen molar-refractivity contribution in [3.8, 4) is 5.75 Å². The Morgan fingerprint density at radius 3 is 2.57 bits per heavy atom. The maximum absolute atomic E-state index is 12.0. The number of benzene rings is 1. The molecule has 1 saturated carbocycles. The second-order valence-electron chi connectivity index (χ2n) is 5.79. The van der Waals surface area contributed by atoms with E-state index in [4.69, 9.17) is 9.84 Å². The number of hydrogen-bond acceptors (Lipinski definition) is 3. The van der Waals surface area contributed by atoms with Gasteiger partial charge in [0.2, 0.25) is 0 Å². The highest BCUT2D eigenvalue weighted by atomic mass is 16.5. The Labute approximate surface area is 126 Å². The molecule has 116 valence electrons. The van der Waals surface area contributed by atoms with E-state index in [1.807, 2.05) is 19.1 Å². The minimum absolute atomic E-state index is 0.0272. The molecule has 0 spiro atoms. The number of hydrogen-bond donors (Lipinski definition) is 2. The molecule has 0 bridgehead atoms. The summed E-state index contributed by atoms with van der Waals surface area (Å²) in [6, 6.07) is 7.28. The maximum Gasteiger partial charge on any atom is 0.251 e. The van der Waals surface area contributed by atoms with Gasteiger partial charge in [-0.15, -0.1) is 0 Å². The van der Waals surface area contributed by atoms with Gasteiger partial charge in [-0.2, -0.15) is 0 Å². The van der Waals surface area contributed by atoms with Gasteiger partial charge in [-0.1, -0.05) is 6.42 Å². The molecule has 1 aromatic rings. The summed E-state index contributed by atoms with van der Waals surface area (Å²) in [4.78, 5) is 12.0. The summed E-state index contributed by atoms with van der Waals surface area (Å²) in [5.74, 6) is 0.724. The van der Waals surface area contributed by atoms with Crippen LogP contribution in [0.4, 0.5) is 0 Å². The van der Waals surface area contributed by atoms with E-state index in [0.29, 0.717) is 18.1 Å². The minimum Gasteiger partial charge on any atom is -0.490 e. The first kappa shape index (κ1) is 15.8. The average molecular weight is 291 g/mol. The standard InChI is InChI=1S/C17H25NO3/c1-13(11-12-19)18-17(20)14-7-9-16(10-8-14)21-15-5-3-2-4-6-15/h7-10,13,15,19H,2-6,11-12H2,1H3,(H,18,20). The number of nitrogens with one attached hydrogen (secondary N) is 1. The lowest BCUT2D eigenvalue weighted by molar-refractivity contribution is 0.0934. The van der Waals surface area contributed by atoms with Crippen molar-refractivity contribution in [2.75, 3.05) is 6.61 Å². The number of carbonyl (C=O) groups excluding carboxylic acids is 1. The van der Waals surface area contributed by atoms with Gasteiger partial charge in [-0.25, -0.2) is 0 Å². The highest BCUT2D eigenvalue weighted by Gasteiger charge is 2.15. The smallest absolute Gasteiger partial charge is 0.251 e. The van der Waals surface area contributed by atoms with Crippen LogP contribution < -0.4 is 10.1 Å². The van der Waals surface area contributed by atoms with Gasteiger partial charge in [0.1, 0.15) is 5.75 Å². The fraction of sp³-hybridized carbons (Fsp3) is 0.588. The van der Waals surface area contributed by atoms with E-state index in [1.165, 1.54) is 19.3 Å². The Bertz CT molecular complexity index is 438.